The van der Waals surface area contributed by atoms with Crippen LogP contribution in [0.5, 0.6) is 0 Å². The molecule has 1 atom stereocenters. The summed E-state index contributed by atoms with van der Waals surface area (Å²) in [6, 6.07) is 2.82. The standard InChI is InChI=1S/C15H17N5O4/c1-9(13(21)16-7-10-5-4-6-24-10)20-8-17-12-11(20)14(22)19(3)15(23)18(12)2/h4-6,8-9H,7H2,1-3H3,(H,16,21)/t9-/m1/s1. The number of fused-ring (bicyclic) bond motifs is 1. The van der Waals surface area contributed by atoms with Crippen molar-refractivity contribution < 1.29 is 9.21 Å². The van der Waals surface area contributed by atoms with Gasteiger partial charge in [-0.05, 0) is 19.1 Å². The molecule has 9 nitrogen and oxygen atoms in total. The molecule has 3 aromatic heterocycles. The average molecular weight is 331 g/mol. The zero-order chi connectivity index (χ0) is 17.4. The predicted molar refractivity (Wildman–Crippen MR) is 85.5 cm³/mol. The Morgan fingerprint density at radius 3 is 2.75 bits per heavy atom. The largest absolute Gasteiger partial charge is 0.467 e. The van der Waals surface area contributed by atoms with E-state index in [1.165, 1.54) is 35.8 Å². The van der Waals surface area contributed by atoms with Gasteiger partial charge in [-0.1, -0.05) is 0 Å². The molecule has 0 fully saturated rings. The molecule has 126 valence electrons. The van der Waals surface area contributed by atoms with Crippen LogP contribution in [0.2, 0.25) is 0 Å². The third-order valence-corrected chi connectivity index (χ3v) is 3.99. The number of nitrogens with one attached hydrogen (secondary N) is 1. The summed E-state index contributed by atoms with van der Waals surface area (Å²) >= 11 is 0. The van der Waals surface area contributed by atoms with Gasteiger partial charge in [-0.15, -0.1) is 0 Å². The van der Waals surface area contributed by atoms with Crippen molar-refractivity contribution >= 4 is 17.1 Å². The first kappa shape index (κ1) is 15.8. The van der Waals surface area contributed by atoms with E-state index in [9.17, 15) is 14.4 Å². The Kier molecular flexibility index (Phi) is 3.84. The number of carbonyl (C=O) groups is 1. The molecule has 0 unspecified atom stereocenters. The molecule has 0 aliphatic rings. The van der Waals surface area contributed by atoms with Gasteiger partial charge in [0.1, 0.15) is 11.8 Å². The molecule has 3 heterocycles. The highest BCUT2D eigenvalue weighted by atomic mass is 16.3. The van der Waals surface area contributed by atoms with E-state index in [0.29, 0.717) is 5.76 Å². The number of nitrogens with zero attached hydrogens (tertiary/aromatic N) is 4. The molecule has 3 aromatic rings. The van der Waals surface area contributed by atoms with Crippen molar-refractivity contribution in [3.05, 3.63) is 51.3 Å². The van der Waals surface area contributed by atoms with E-state index >= 15 is 0 Å². The topological polar surface area (TPSA) is 104 Å². The molecule has 3 rings (SSSR count). The molecule has 9 heteroatoms. The maximum Gasteiger partial charge on any atom is 0.332 e. The molecular weight excluding hydrogens is 314 g/mol. The van der Waals surface area contributed by atoms with E-state index in [4.69, 9.17) is 4.42 Å². The lowest BCUT2D eigenvalue weighted by atomic mass is 10.3. The molecule has 0 bridgehead atoms. The number of furan rings is 1. The lowest BCUT2D eigenvalue weighted by molar-refractivity contribution is -0.124. The molecular formula is C15H17N5O4. The fraction of sp³-hybridized carbons (Fsp3) is 0.333. The lowest BCUT2D eigenvalue weighted by Crippen LogP contribution is -2.38. The fourth-order valence-corrected chi connectivity index (χ4v) is 2.52. The molecule has 0 saturated heterocycles. The molecule has 0 aromatic carbocycles. The maximum atomic E-state index is 12.4. The lowest BCUT2D eigenvalue weighted by Gasteiger charge is -2.14. The molecule has 0 radical (unpaired) electrons. The normalized spacial score (nSPS) is 12.5. The second kappa shape index (κ2) is 5.84. The van der Waals surface area contributed by atoms with Crippen LogP contribution in [0, 0.1) is 0 Å². The third-order valence-electron chi connectivity index (χ3n) is 3.99. The summed E-state index contributed by atoms with van der Waals surface area (Å²) in [7, 11) is 2.92. The minimum atomic E-state index is -0.671. The molecule has 0 aliphatic heterocycles. The Morgan fingerprint density at radius 1 is 1.33 bits per heavy atom. The second-order valence-corrected chi connectivity index (χ2v) is 5.50. The minimum absolute atomic E-state index is 0.209. The summed E-state index contributed by atoms with van der Waals surface area (Å²) in [5.74, 6) is 0.339. The van der Waals surface area contributed by atoms with E-state index in [2.05, 4.69) is 10.3 Å². The Morgan fingerprint density at radius 2 is 2.08 bits per heavy atom. The van der Waals surface area contributed by atoms with Crippen LogP contribution >= 0.6 is 0 Å². The Balaban J connectivity index is 1.95. The summed E-state index contributed by atoms with van der Waals surface area (Å²) < 4.78 is 8.90. The molecule has 0 saturated carbocycles. The summed E-state index contributed by atoms with van der Waals surface area (Å²) in [6.45, 7) is 1.91. The van der Waals surface area contributed by atoms with Crippen LogP contribution in [0.3, 0.4) is 0 Å². The number of rotatable bonds is 4. The van der Waals surface area contributed by atoms with Gasteiger partial charge < -0.3 is 14.3 Å². The van der Waals surface area contributed by atoms with Gasteiger partial charge >= 0.3 is 5.69 Å². The molecule has 24 heavy (non-hydrogen) atoms. The first-order valence-corrected chi connectivity index (χ1v) is 7.34. The van der Waals surface area contributed by atoms with Gasteiger partial charge in [0.15, 0.2) is 11.2 Å². The van der Waals surface area contributed by atoms with Crippen molar-refractivity contribution in [3.63, 3.8) is 0 Å². The van der Waals surface area contributed by atoms with Crippen LogP contribution in [-0.2, 0) is 25.4 Å². The zero-order valence-corrected chi connectivity index (χ0v) is 13.5. The first-order chi connectivity index (χ1) is 11.4. The molecule has 1 N–H and O–H groups in total. The summed E-state index contributed by atoms with van der Waals surface area (Å²) in [4.78, 5) is 40.8. The fourth-order valence-electron chi connectivity index (χ4n) is 2.52. The van der Waals surface area contributed by atoms with E-state index in [0.717, 1.165) is 4.57 Å². The summed E-state index contributed by atoms with van der Waals surface area (Å²) in [5, 5.41) is 2.74. The number of carbonyl (C=O) groups excluding carboxylic acids is 1. The Bertz CT molecular complexity index is 1010. The summed E-state index contributed by atoms with van der Waals surface area (Å²) in [5.41, 5.74) is -0.502. The average Bonchev–Trinajstić information content (AvgIpc) is 3.24. The van der Waals surface area contributed by atoms with Crippen LogP contribution in [0.25, 0.3) is 11.2 Å². The Labute approximate surface area is 136 Å². The van der Waals surface area contributed by atoms with Crippen molar-refractivity contribution in [3.8, 4) is 0 Å². The van der Waals surface area contributed by atoms with Gasteiger partial charge in [0, 0.05) is 14.1 Å². The highest BCUT2D eigenvalue weighted by Gasteiger charge is 2.21. The maximum absolute atomic E-state index is 12.4. The van der Waals surface area contributed by atoms with E-state index < -0.39 is 17.3 Å². The number of hydrogen-bond acceptors (Lipinski definition) is 5. The van der Waals surface area contributed by atoms with Gasteiger partial charge in [-0.3, -0.25) is 18.7 Å². The van der Waals surface area contributed by atoms with Crippen LogP contribution in [0.4, 0.5) is 0 Å². The number of aryl methyl sites for hydroxylation is 1. The minimum Gasteiger partial charge on any atom is -0.467 e. The predicted octanol–water partition coefficient (Wildman–Crippen LogP) is -0.0959. The molecule has 0 spiro atoms. The van der Waals surface area contributed by atoms with Crippen LogP contribution < -0.4 is 16.6 Å². The second-order valence-electron chi connectivity index (χ2n) is 5.50. The van der Waals surface area contributed by atoms with Crippen molar-refractivity contribution in [2.75, 3.05) is 0 Å². The highest BCUT2D eigenvalue weighted by molar-refractivity contribution is 5.82. The highest BCUT2D eigenvalue weighted by Crippen LogP contribution is 2.13. The van der Waals surface area contributed by atoms with E-state index in [1.54, 1.807) is 19.1 Å². The van der Waals surface area contributed by atoms with Gasteiger partial charge in [0.05, 0.1) is 19.1 Å². The van der Waals surface area contributed by atoms with Crippen molar-refractivity contribution in [2.24, 2.45) is 14.1 Å². The van der Waals surface area contributed by atoms with E-state index in [1.807, 2.05) is 0 Å². The van der Waals surface area contributed by atoms with Crippen molar-refractivity contribution in [1.29, 1.82) is 0 Å². The smallest absolute Gasteiger partial charge is 0.332 e. The van der Waals surface area contributed by atoms with E-state index in [-0.39, 0.29) is 23.6 Å². The quantitative estimate of drug-likeness (QED) is 0.719. The van der Waals surface area contributed by atoms with Gasteiger partial charge in [-0.25, -0.2) is 9.78 Å². The molecule has 1 amide bonds. The first-order valence-electron chi connectivity index (χ1n) is 7.34. The van der Waals surface area contributed by atoms with Crippen LogP contribution in [0.15, 0.2) is 38.7 Å². The number of amides is 1. The van der Waals surface area contributed by atoms with Crippen molar-refractivity contribution in [1.82, 2.24) is 24.0 Å². The zero-order valence-electron chi connectivity index (χ0n) is 13.5. The number of hydrogen-bond donors (Lipinski definition) is 1. The van der Waals surface area contributed by atoms with Crippen LogP contribution in [0.1, 0.15) is 18.7 Å². The van der Waals surface area contributed by atoms with Gasteiger partial charge in [0.2, 0.25) is 5.91 Å². The number of imidazole rings is 1. The van der Waals surface area contributed by atoms with Gasteiger partial charge in [0.25, 0.3) is 5.56 Å². The Hall–Kier alpha value is -3.10. The third kappa shape index (κ3) is 2.43. The van der Waals surface area contributed by atoms with Crippen LogP contribution in [-0.4, -0.2) is 24.6 Å². The SMILES string of the molecule is C[C@H](C(=O)NCc1ccco1)n1cnc2c1c(=O)n(C)c(=O)n2C. The number of aromatic nitrogens is 4. The molecule has 0 aliphatic carbocycles. The van der Waals surface area contributed by atoms with Gasteiger partial charge in [-0.2, -0.15) is 0 Å². The van der Waals surface area contributed by atoms with Crippen molar-refractivity contribution in [2.45, 2.75) is 19.5 Å². The summed E-state index contributed by atoms with van der Waals surface area (Å²) in [6.07, 6.45) is 2.92. The monoisotopic (exact) mass is 331 g/mol.